The average Bonchev–Trinajstić information content (AvgIpc) is 3.23. The topological polar surface area (TPSA) is 60.6 Å². The monoisotopic (exact) mass is 461 g/mol. The summed E-state index contributed by atoms with van der Waals surface area (Å²) in [5.74, 6) is -1.15. The molecule has 5 nitrogen and oxygen atoms in total. The van der Waals surface area contributed by atoms with Crippen molar-refractivity contribution in [2.45, 2.75) is 37.4 Å². The smallest absolute Gasteiger partial charge is 0.318 e. The van der Waals surface area contributed by atoms with E-state index in [1.807, 2.05) is 6.92 Å². The summed E-state index contributed by atoms with van der Waals surface area (Å²) in [6, 6.07) is 1.77. The summed E-state index contributed by atoms with van der Waals surface area (Å²) in [6.45, 7) is 2.97. The highest BCUT2D eigenvalue weighted by atomic mass is 79.9. The van der Waals surface area contributed by atoms with Gasteiger partial charge in [0.05, 0.1) is 35.9 Å². The van der Waals surface area contributed by atoms with E-state index in [9.17, 15) is 4.79 Å². The molecule has 1 N–H and O–H groups in total. The number of ether oxygens (including phenoxy) is 3. The lowest BCUT2D eigenvalue weighted by molar-refractivity contribution is -0.188. The Hall–Kier alpha value is -0.790. The normalized spacial score (nSPS) is 24.2. The van der Waals surface area contributed by atoms with Crippen molar-refractivity contribution >= 4 is 56.0 Å². The van der Waals surface area contributed by atoms with Gasteiger partial charge in [0, 0.05) is 28.4 Å². The molecule has 1 saturated heterocycles. The van der Waals surface area contributed by atoms with Gasteiger partial charge in [0.15, 0.2) is 5.79 Å². The SMILES string of the molecule is CCC1(C(=O)OC)CC2(Cc3c1[nH]c1c(Cl)c(Cl)cc(Br)c31)OCCO2. The molecule has 1 aromatic carbocycles. The van der Waals surface area contributed by atoms with Crippen LogP contribution in [0, 0.1) is 0 Å². The zero-order valence-electron chi connectivity index (χ0n) is 14.4. The van der Waals surface area contributed by atoms with Crippen molar-refractivity contribution in [2.24, 2.45) is 0 Å². The molecule has 2 heterocycles. The Morgan fingerprint density at radius 1 is 1.38 bits per heavy atom. The van der Waals surface area contributed by atoms with Crippen LogP contribution in [0.4, 0.5) is 0 Å². The predicted octanol–water partition coefficient (Wildman–Crippen LogP) is 4.75. The molecule has 0 saturated carbocycles. The number of carbonyl (C=O) groups is 1. The van der Waals surface area contributed by atoms with E-state index >= 15 is 0 Å². The molecule has 2 aliphatic rings. The van der Waals surface area contributed by atoms with Crippen LogP contribution in [0.1, 0.15) is 31.0 Å². The van der Waals surface area contributed by atoms with Crippen LogP contribution in [0.15, 0.2) is 10.5 Å². The lowest BCUT2D eigenvalue weighted by atomic mass is 9.68. The van der Waals surface area contributed by atoms with E-state index < -0.39 is 11.2 Å². The zero-order valence-corrected chi connectivity index (χ0v) is 17.5. The first-order valence-corrected chi connectivity index (χ1v) is 9.97. The van der Waals surface area contributed by atoms with E-state index in [1.165, 1.54) is 7.11 Å². The number of esters is 1. The summed E-state index contributed by atoms with van der Waals surface area (Å²) < 4.78 is 18.0. The number of nitrogens with one attached hydrogen (secondary N) is 1. The van der Waals surface area contributed by atoms with Gasteiger partial charge >= 0.3 is 5.97 Å². The number of fused-ring (bicyclic) bond motifs is 3. The second-order valence-corrected chi connectivity index (χ2v) is 8.41. The Morgan fingerprint density at radius 2 is 2.08 bits per heavy atom. The zero-order chi connectivity index (χ0) is 18.7. The third-order valence-electron chi connectivity index (χ3n) is 5.51. The van der Waals surface area contributed by atoms with E-state index in [4.69, 9.17) is 37.4 Å². The molecule has 1 fully saturated rings. The first kappa shape index (κ1) is 18.6. The maximum atomic E-state index is 12.9. The molecule has 0 bridgehead atoms. The summed E-state index contributed by atoms with van der Waals surface area (Å²) in [5.41, 5.74) is 1.55. The predicted molar refractivity (Wildman–Crippen MR) is 103 cm³/mol. The number of rotatable bonds is 2. The largest absolute Gasteiger partial charge is 0.468 e. The van der Waals surface area contributed by atoms with Crippen molar-refractivity contribution < 1.29 is 19.0 Å². The van der Waals surface area contributed by atoms with Gasteiger partial charge in [-0.05, 0) is 18.1 Å². The van der Waals surface area contributed by atoms with Gasteiger partial charge in [0.1, 0.15) is 5.41 Å². The summed E-state index contributed by atoms with van der Waals surface area (Å²) in [5, 5.41) is 1.76. The van der Waals surface area contributed by atoms with Crippen LogP contribution in [0.25, 0.3) is 10.9 Å². The third-order valence-corrected chi connectivity index (χ3v) is 6.93. The molecule has 140 valence electrons. The van der Waals surface area contributed by atoms with Gasteiger partial charge in [0.2, 0.25) is 0 Å². The van der Waals surface area contributed by atoms with Crippen LogP contribution in [-0.2, 0) is 30.8 Å². The van der Waals surface area contributed by atoms with Crippen molar-refractivity contribution in [2.75, 3.05) is 20.3 Å². The highest BCUT2D eigenvalue weighted by Crippen LogP contribution is 2.52. The summed E-state index contributed by atoms with van der Waals surface area (Å²) in [7, 11) is 1.40. The number of hydrogen-bond acceptors (Lipinski definition) is 4. The Morgan fingerprint density at radius 3 is 2.69 bits per heavy atom. The first-order chi connectivity index (χ1) is 12.4. The molecule has 1 aliphatic carbocycles. The van der Waals surface area contributed by atoms with Crippen LogP contribution in [0.3, 0.4) is 0 Å². The van der Waals surface area contributed by atoms with Gasteiger partial charge in [0.25, 0.3) is 0 Å². The number of benzene rings is 1. The molecule has 1 spiro atoms. The number of carbonyl (C=O) groups excluding carboxylic acids is 1. The molecular weight excluding hydrogens is 445 g/mol. The highest BCUT2D eigenvalue weighted by Gasteiger charge is 2.56. The van der Waals surface area contributed by atoms with Crippen molar-refractivity contribution in [3.63, 3.8) is 0 Å². The fourth-order valence-electron chi connectivity index (χ4n) is 4.32. The number of halogens is 3. The minimum absolute atomic E-state index is 0.315. The highest BCUT2D eigenvalue weighted by molar-refractivity contribution is 9.10. The van der Waals surface area contributed by atoms with Crippen LogP contribution in [0.2, 0.25) is 10.0 Å². The number of aromatic amines is 1. The molecule has 0 amide bonds. The Balaban J connectivity index is 2.06. The number of methoxy groups -OCH3 is 1. The quantitative estimate of drug-likeness (QED) is 0.516. The van der Waals surface area contributed by atoms with E-state index in [-0.39, 0.29) is 5.97 Å². The Bertz CT molecular complexity index is 906. The lowest BCUT2D eigenvalue weighted by Crippen LogP contribution is -2.51. The minimum Gasteiger partial charge on any atom is -0.468 e. The van der Waals surface area contributed by atoms with Gasteiger partial charge in [-0.25, -0.2) is 0 Å². The molecule has 1 unspecified atom stereocenters. The van der Waals surface area contributed by atoms with Crippen LogP contribution < -0.4 is 0 Å². The second kappa shape index (κ2) is 6.38. The minimum atomic E-state index is -0.902. The van der Waals surface area contributed by atoms with Crippen LogP contribution >= 0.6 is 39.1 Å². The molecule has 26 heavy (non-hydrogen) atoms. The molecular formula is C18H18BrCl2NO4. The maximum absolute atomic E-state index is 12.9. The molecule has 4 rings (SSSR count). The van der Waals surface area contributed by atoms with Gasteiger partial charge in [-0.15, -0.1) is 0 Å². The van der Waals surface area contributed by atoms with Gasteiger partial charge in [-0.2, -0.15) is 0 Å². The second-order valence-electron chi connectivity index (χ2n) is 6.77. The van der Waals surface area contributed by atoms with E-state index in [0.29, 0.717) is 48.0 Å². The van der Waals surface area contributed by atoms with Gasteiger partial charge in [-0.1, -0.05) is 46.1 Å². The summed E-state index contributed by atoms with van der Waals surface area (Å²) >= 11 is 16.3. The third kappa shape index (κ3) is 2.46. The Labute approximate surface area is 169 Å². The molecule has 1 aliphatic heterocycles. The lowest BCUT2D eigenvalue weighted by Gasteiger charge is -2.42. The molecule has 8 heteroatoms. The summed E-state index contributed by atoms with van der Waals surface area (Å²) in [4.78, 5) is 16.3. The van der Waals surface area contributed by atoms with Crippen molar-refractivity contribution in [3.8, 4) is 0 Å². The van der Waals surface area contributed by atoms with Gasteiger partial charge in [-0.3, -0.25) is 4.79 Å². The maximum Gasteiger partial charge on any atom is 0.318 e. The Kier molecular flexibility index (Phi) is 4.56. The number of hydrogen-bond donors (Lipinski definition) is 1. The van der Waals surface area contributed by atoms with E-state index in [2.05, 4.69) is 20.9 Å². The first-order valence-electron chi connectivity index (χ1n) is 8.42. The van der Waals surface area contributed by atoms with Crippen LogP contribution in [-0.4, -0.2) is 37.1 Å². The fraction of sp³-hybridized carbons (Fsp3) is 0.500. The molecule has 1 aromatic heterocycles. The number of aromatic nitrogens is 1. The summed E-state index contributed by atoms with van der Waals surface area (Å²) in [6.07, 6.45) is 1.46. The van der Waals surface area contributed by atoms with Gasteiger partial charge < -0.3 is 19.2 Å². The molecule has 1 atom stereocenters. The molecule has 2 aromatic rings. The van der Waals surface area contributed by atoms with E-state index in [0.717, 1.165) is 21.1 Å². The van der Waals surface area contributed by atoms with Crippen molar-refractivity contribution in [1.82, 2.24) is 4.98 Å². The standard InChI is InChI=1S/C18H18BrCl2NO4/c1-3-17(16(23)24-2)8-18(25-4-5-26-18)7-9-12-10(19)6-11(20)13(21)14(12)22-15(9)17/h6,22H,3-5,7-8H2,1-2H3. The van der Waals surface area contributed by atoms with E-state index in [1.54, 1.807) is 6.07 Å². The fourth-order valence-corrected chi connectivity index (χ4v) is 5.51. The van der Waals surface area contributed by atoms with Crippen molar-refractivity contribution in [1.29, 1.82) is 0 Å². The van der Waals surface area contributed by atoms with Crippen LogP contribution in [0.5, 0.6) is 0 Å². The number of H-pyrrole nitrogens is 1. The van der Waals surface area contributed by atoms with Crippen molar-refractivity contribution in [3.05, 3.63) is 31.8 Å². The average molecular weight is 463 g/mol. The molecule has 0 radical (unpaired) electrons.